The maximum absolute atomic E-state index is 12.9. The van der Waals surface area contributed by atoms with Gasteiger partial charge in [-0.1, -0.05) is 24.3 Å². The van der Waals surface area contributed by atoms with Gasteiger partial charge >= 0.3 is 5.69 Å². The van der Waals surface area contributed by atoms with Crippen molar-refractivity contribution in [3.05, 3.63) is 75.7 Å². The lowest BCUT2D eigenvalue weighted by Crippen LogP contribution is -2.33. The molecular formula is C18H13N3O3. The molecule has 0 spiro atoms. The molecule has 2 heterocycles. The molecule has 0 atom stereocenters. The zero-order valence-corrected chi connectivity index (χ0v) is 12.8. The van der Waals surface area contributed by atoms with Gasteiger partial charge in [0, 0.05) is 17.0 Å². The van der Waals surface area contributed by atoms with Crippen molar-refractivity contribution in [3.63, 3.8) is 0 Å². The van der Waals surface area contributed by atoms with Crippen LogP contribution in [0.25, 0.3) is 27.4 Å². The first kappa shape index (κ1) is 14.2. The normalized spacial score (nSPS) is 11.0. The number of nitrogens with zero attached hydrogens (tertiary/aromatic N) is 2. The van der Waals surface area contributed by atoms with Gasteiger partial charge in [0.15, 0.2) is 0 Å². The topological polar surface area (TPSA) is 77.0 Å². The number of aromatic amines is 1. The van der Waals surface area contributed by atoms with E-state index in [-0.39, 0.29) is 0 Å². The number of pyridine rings is 1. The number of H-pyrrole nitrogens is 1. The van der Waals surface area contributed by atoms with E-state index in [1.54, 1.807) is 24.4 Å². The first-order valence-corrected chi connectivity index (χ1v) is 7.35. The van der Waals surface area contributed by atoms with E-state index >= 15 is 0 Å². The summed E-state index contributed by atoms with van der Waals surface area (Å²) in [5.74, 6) is 0.550. The fraction of sp³-hybridized carbons (Fsp3) is 0.0556. The predicted molar refractivity (Wildman–Crippen MR) is 92.0 cm³/mol. The average Bonchev–Trinajstić information content (AvgIpc) is 2.62. The number of aromatic nitrogens is 3. The fourth-order valence-corrected chi connectivity index (χ4v) is 2.82. The van der Waals surface area contributed by atoms with Crippen LogP contribution in [0, 0.1) is 0 Å². The molecule has 0 saturated carbocycles. The lowest BCUT2D eigenvalue weighted by atomic mass is 10.1. The number of methoxy groups -OCH3 is 1. The number of hydrogen-bond donors (Lipinski definition) is 1. The summed E-state index contributed by atoms with van der Waals surface area (Å²) in [6.07, 6.45) is 3.22. The molecule has 4 aromatic rings. The molecule has 0 unspecified atom stereocenters. The number of nitrogens with one attached hydrogen (secondary N) is 1. The molecule has 4 rings (SSSR count). The van der Waals surface area contributed by atoms with Gasteiger partial charge in [0.1, 0.15) is 5.75 Å². The highest BCUT2D eigenvalue weighted by molar-refractivity contribution is 5.89. The summed E-state index contributed by atoms with van der Waals surface area (Å²) in [7, 11) is 1.53. The molecule has 0 bridgehead atoms. The smallest absolute Gasteiger partial charge is 0.333 e. The van der Waals surface area contributed by atoms with Gasteiger partial charge in [0.25, 0.3) is 5.56 Å². The van der Waals surface area contributed by atoms with Crippen LogP contribution in [0.4, 0.5) is 0 Å². The first-order valence-electron chi connectivity index (χ1n) is 7.35. The van der Waals surface area contributed by atoms with E-state index in [1.165, 1.54) is 13.3 Å². The van der Waals surface area contributed by atoms with Gasteiger partial charge in [-0.25, -0.2) is 9.36 Å². The second-order valence-electron chi connectivity index (χ2n) is 5.36. The summed E-state index contributed by atoms with van der Waals surface area (Å²) in [6.45, 7) is 0. The molecule has 2 aromatic carbocycles. The number of benzene rings is 2. The second-order valence-corrected chi connectivity index (χ2v) is 5.36. The van der Waals surface area contributed by atoms with Crippen LogP contribution >= 0.6 is 0 Å². The first-order chi connectivity index (χ1) is 11.7. The Morgan fingerprint density at radius 2 is 1.88 bits per heavy atom. The van der Waals surface area contributed by atoms with E-state index in [1.807, 2.05) is 24.3 Å². The van der Waals surface area contributed by atoms with E-state index in [2.05, 4.69) is 9.97 Å². The molecule has 6 nitrogen and oxygen atoms in total. The number of rotatable bonds is 2. The van der Waals surface area contributed by atoms with Crippen molar-refractivity contribution in [3.8, 4) is 11.4 Å². The van der Waals surface area contributed by atoms with Gasteiger partial charge in [0.05, 0.1) is 29.9 Å². The average molecular weight is 319 g/mol. The van der Waals surface area contributed by atoms with Crippen LogP contribution in [-0.2, 0) is 0 Å². The number of ether oxygens (including phenoxy) is 1. The SMILES string of the molecule is COc1ccc2[nH]c(=O)n(-c3cncc4ccccc34)c(=O)c2c1. The molecule has 118 valence electrons. The minimum absolute atomic E-state index is 0.377. The lowest BCUT2D eigenvalue weighted by Gasteiger charge is -2.09. The second kappa shape index (κ2) is 5.34. The van der Waals surface area contributed by atoms with Gasteiger partial charge < -0.3 is 9.72 Å². The van der Waals surface area contributed by atoms with E-state index in [4.69, 9.17) is 4.74 Å². The molecular weight excluding hydrogens is 306 g/mol. The molecule has 1 N–H and O–H groups in total. The van der Waals surface area contributed by atoms with Crippen molar-refractivity contribution in [2.45, 2.75) is 0 Å². The number of hydrogen-bond acceptors (Lipinski definition) is 4. The maximum Gasteiger partial charge on any atom is 0.333 e. The van der Waals surface area contributed by atoms with Gasteiger partial charge in [-0.15, -0.1) is 0 Å². The molecule has 0 aliphatic heterocycles. The molecule has 2 aromatic heterocycles. The van der Waals surface area contributed by atoms with Crippen LogP contribution in [0.2, 0.25) is 0 Å². The van der Waals surface area contributed by atoms with Gasteiger partial charge in [-0.2, -0.15) is 0 Å². The monoisotopic (exact) mass is 319 g/mol. The Labute approximate surface area is 136 Å². The van der Waals surface area contributed by atoms with Crippen molar-refractivity contribution in [1.29, 1.82) is 0 Å². The Balaban J connectivity index is 2.13. The summed E-state index contributed by atoms with van der Waals surface area (Å²) in [5, 5.41) is 2.01. The van der Waals surface area contributed by atoms with E-state index in [9.17, 15) is 9.59 Å². The Morgan fingerprint density at radius 1 is 1.04 bits per heavy atom. The summed E-state index contributed by atoms with van der Waals surface area (Å²) in [4.78, 5) is 32.3. The van der Waals surface area contributed by atoms with Gasteiger partial charge in [0.2, 0.25) is 0 Å². The van der Waals surface area contributed by atoms with Gasteiger partial charge in [-0.05, 0) is 18.2 Å². The molecule has 0 saturated heterocycles. The van der Waals surface area contributed by atoms with E-state index < -0.39 is 11.2 Å². The van der Waals surface area contributed by atoms with Crippen LogP contribution in [0.3, 0.4) is 0 Å². The Morgan fingerprint density at radius 3 is 2.71 bits per heavy atom. The number of fused-ring (bicyclic) bond motifs is 2. The summed E-state index contributed by atoms with van der Waals surface area (Å²) in [6, 6.07) is 12.4. The van der Waals surface area contributed by atoms with Crippen LogP contribution in [0.1, 0.15) is 0 Å². The summed E-state index contributed by atoms with van der Waals surface area (Å²) in [5.41, 5.74) is 0.000869. The third-order valence-corrected chi connectivity index (χ3v) is 3.99. The van der Waals surface area contributed by atoms with Crippen LogP contribution < -0.4 is 16.0 Å². The highest BCUT2D eigenvalue weighted by Gasteiger charge is 2.13. The van der Waals surface area contributed by atoms with Crippen molar-refractivity contribution in [2.75, 3.05) is 7.11 Å². The Hall–Kier alpha value is -3.41. The predicted octanol–water partition coefficient (Wildman–Crippen LogP) is 2.24. The van der Waals surface area contributed by atoms with Crippen LogP contribution in [0.15, 0.2) is 64.4 Å². The van der Waals surface area contributed by atoms with E-state index in [0.29, 0.717) is 22.3 Å². The van der Waals surface area contributed by atoms with E-state index in [0.717, 1.165) is 15.3 Å². The zero-order valence-electron chi connectivity index (χ0n) is 12.8. The van der Waals surface area contributed by atoms with Crippen LogP contribution in [0.5, 0.6) is 5.75 Å². The molecule has 0 radical (unpaired) electrons. The minimum Gasteiger partial charge on any atom is -0.497 e. The van der Waals surface area contributed by atoms with Crippen molar-refractivity contribution in [1.82, 2.24) is 14.5 Å². The largest absolute Gasteiger partial charge is 0.497 e. The van der Waals surface area contributed by atoms with Gasteiger partial charge in [-0.3, -0.25) is 9.78 Å². The quantitative estimate of drug-likeness (QED) is 0.615. The Kier molecular flexibility index (Phi) is 3.16. The highest BCUT2D eigenvalue weighted by atomic mass is 16.5. The molecule has 0 aliphatic carbocycles. The maximum atomic E-state index is 12.9. The molecule has 24 heavy (non-hydrogen) atoms. The minimum atomic E-state index is -0.504. The standard InChI is InChI=1S/C18H13N3O3/c1-24-12-6-7-15-14(8-12)17(22)21(18(23)20-15)16-10-19-9-11-4-2-3-5-13(11)16/h2-10H,1H3,(H,20,23). The molecule has 6 heteroatoms. The molecule has 0 amide bonds. The third-order valence-electron chi connectivity index (χ3n) is 3.99. The third kappa shape index (κ3) is 2.08. The summed E-state index contributed by atoms with van der Waals surface area (Å²) >= 11 is 0. The van der Waals surface area contributed by atoms with Crippen LogP contribution in [-0.4, -0.2) is 21.6 Å². The van der Waals surface area contributed by atoms with Crippen molar-refractivity contribution in [2.24, 2.45) is 0 Å². The Bertz CT molecular complexity index is 1190. The fourth-order valence-electron chi connectivity index (χ4n) is 2.82. The lowest BCUT2D eigenvalue weighted by molar-refractivity contribution is 0.415. The zero-order chi connectivity index (χ0) is 16.7. The summed E-state index contributed by atoms with van der Waals surface area (Å²) < 4.78 is 6.28. The van der Waals surface area contributed by atoms with Crippen molar-refractivity contribution < 1.29 is 4.74 Å². The molecule has 0 aliphatic rings. The highest BCUT2D eigenvalue weighted by Crippen LogP contribution is 2.20. The molecule has 0 fully saturated rings. The van der Waals surface area contributed by atoms with Crippen molar-refractivity contribution >= 4 is 21.7 Å².